The largest absolute Gasteiger partial charge is 0.463 e. The first-order valence-corrected chi connectivity index (χ1v) is 4.57. The van der Waals surface area contributed by atoms with Crippen LogP contribution in [0, 0.1) is 5.92 Å². The molecule has 0 saturated heterocycles. The predicted octanol–water partition coefficient (Wildman–Crippen LogP) is 1.07. The van der Waals surface area contributed by atoms with Gasteiger partial charge in [0.1, 0.15) is 0 Å². The molecule has 0 bridgehead atoms. The van der Waals surface area contributed by atoms with Crippen LogP contribution in [0.1, 0.15) is 33.1 Å². The molecule has 70 valence electrons. The molecule has 0 heterocycles. The molecule has 0 radical (unpaired) electrons. The molecule has 0 aromatic rings. The van der Waals surface area contributed by atoms with E-state index in [1.165, 1.54) is 0 Å². The summed E-state index contributed by atoms with van der Waals surface area (Å²) in [5.41, 5.74) is 5.75. The molecule has 2 unspecified atom stereocenters. The van der Waals surface area contributed by atoms with Crippen LogP contribution >= 0.6 is 0 Å². The van der Waals surface area contributed by atoms with Crippen molar-refractivity contribution in [2.75, 3.05) is 0 Å². The molecule has 2 atom stereocenters. The summed E-state index contributed by atoms with van der Waals surface area (Å²) in [5.74, 6) is -0.164. The van der Waals surface area contributed by atoms with Gasteiger partial charge in [0.15, 0.2) is 0 Å². The second-order valence-corrected chi connectivity index (χ2v) is 3.69. The van der Waals surface area contributed by atoms with Crippen LogP contribution < -0.4 is 5.73 Å². The highest BCUT2D eigenvalue weighted by atomic mass is 16.5. The van der Waals surface area contributed by atoms with Gasteiger partial charge in [0.25, 0.3) is 0 Å². The lowest BCUT2D eigenvalue weighted by Crippen LogP contribution is -2.33. The highest BCUT2D eigenvalue weighted by Crippen LogP contribution is 2.25. The third kappa shape index (κ3) is 2.21. The second-order valence-electron chi connectivity index (χ2n) is 3.69. The van der Waals surface area contributed by atoms with E-state index in [-0.39, 0.29) is 24.0 Å². The summed E-state index contributed by atoms with van der Waals surface area (Å²) in [5, 5.41) is 0. The molecule has 3 nitrogen and oxygen atoms in total. The van der Waals surface area contributed by atoms with Gasteiger partial charge in [-0.1, -0.05) is 6.42 Å². The van der Waals surface area contributed by atoms with Gasteiger partial charge in [-0.15, -0.1) is 0 Å². The van der Waals surface area contributed by atoms with Crippen LogP contribution in [0.2, 0.25) is 0 Å². The Kier molecular flexibility index (Phi) is 3.09. The van der Waals surface area contributed by atoms with Crippen molar-refractivity contribution in [3.8, 4) is 0 Å². The Morgan fingerprint density at radius 2 is 2.17 bits per heavy atom. The zero-order valence-electron chi connectivity index (χ0n) is 7.75. The zero-order chi connectivity index (χ0) is 9.14. The van der Waals surface area contributed by atoms with E-state index >= 15 is 0 Å². The van der Waals surface area contributed by atoms with E-state index in [1.807, 2.05) is 13.8 Å². The van der Waals surface area contributed by atoms with Crippen molar-refractivity contribution < 1.29 is 9.53 Å². The van der Waals surface area contributed by atoms with E-state index in [2.05, 4.69) is 0 Å². The number of ether oxygens (including phenoxy) is 1. The maximum absolute atomic E-state index is 11.4. The molecular weight excluding hydrogens is 154 g/mol. The maximum atomic E-state index is 11.4. The Balaban J connectivity index is 2.41. The molecule has 0 aromatic heterocycles. The number of carbonyl (C=O) groups is 1. The maximum Gasteiger partial charge on any atom is 0.310 e. The molecular formula is C9H17NO2. The number of hydrogen-bond donors (Lipinski definition) is 1. The number of carbonyl (C=O) groups excluding carboxylic acids is 1. The Labute approximate surface area is 73.3 Å². The van der Waals surface area contributed by atoms with E-state index in [9.17, 15) is 4.79 Å². The van der Waals surface area contributed by atoms with Gasteiger partial charge in [0, 0.05) is 6.04 Å². The summed E-state index contributed by atoms with van der Waals surface area (Å²) in [6, 6.07) is 0.0243. The molecule has 1 aliphatic carbocycles. The Morgan fingerprint density at radius 3 is 2.58 bits per heavy atom. The minimum Gasteiger partial charge on any atom is -0.463 e. The lowest BCUT2D eigenvalue weighted by atomic mass is 10.1. The molecule has 1 rings (SSSR count). The predicted molar refractivity (Wildman–Crippen MR) is 46.5 cm³/mol. The fourth-order valence-electron chi connectivity index (χ4n) is 1.60. The fraction of sp³-hybridized carbons (Fsp3) is 0.889. The van der Waals surface area contributed by atoms with E-state index in [1.54, 1.807) is 0 Å². The van der Waals surface area contributed by atoms with Gasteiger partial charge in [-0.25, -0.2) is 0 Å². The van der Waals surface area contributed by atoms with Crippen molar-refractivity contribution in [3.63, 3.8) is 0 Å². The number of nitrogens with two attached hydrogens (primary N) is 1. The summed E-state index contributed by atoms with van der Waals surface area (Å²) in [7, 11) is 0. The van der Waals surface area contributed by atoms with Crippen LogP contribution in [0.5, 0.6) is 0 Å². The van der Waals surface area contributed by atoms with Crippen molar-refractivity contribution in [2.45, 2.75) is 45.3 Å². The molecule has 3 heteroatoms. The quantitative estimate of drug-likeness (QED) is 0.632. The van der Waals surface area contributed by atoms with Gasteiger partial charge in [0.2, 0.25) is 0 Å². The lowest BCUT2D eigenvalue weighted by molar-refractivity contribution is -0.152. The zero-order valence-corrected chi connectivity index (χ0v) is 7.75. The smallest absolute Gasteiger partial charge is 0.310 e. The SMILES string of the molecule is CC(C)OC(=O)C1CCCC1N. The van der Waals surface area contributed by atoms with Crippen LogP contribution in [-0.4, -0.2) is 18.1 Å². The van der Waals surface area contributed by atoms with Crippen LogP contribution in [-0.2, 0) is 9.53 Å². The van der Waals surface area contributed by atoms with Gasteiger partial charge in [-0.05, 0) is 26.7 Å². The molecule has 0 spiro atoms. The summed E-state index contributed by atoms with van der Waals surface area (Å²) in [4.78, 5) is 11.4. The highest BCUT2D eigenvalue weighted by Gasteiger charge is 2.31. The standard InChI is InChI=1S/C9H17NO2/c1-6(2)12-9(11)7-4-3-5-8(7)10/h6-8H,3-5,10H2,1-2H3. The molecule has 0 aromatic carbocycles. The number of hydrogen-bond acceptors (Lipinski definition) is 3. The van der Waals surface area contributed by atoms with Crippen molar-refractivity contribution in [2.24, 2.45) is 11.7 Å². The van der Waals surface area contributed by atoms with E-state index in [0.717, 1.165) is 19.3 Å². The first-order valence-electron chi connectivity index (χ1n) is 4.57. The molecule has 0 aliphatic heterocycles. The van der Waals surface area contributed by atoms with Gasteiger partial charge in [-0.3, -0.25) is 4.79 Å². The first-order chi connectivity index (χ1) is 5.61. The summed E-state index contributed by atoms with van der Waals surface area (Å²) in [6.07, 6.45) is 2.88. The lowest BCUT2D eigenvalue weighted by Gasteiger charge is -2.15. The normalized spacial score (nSPS) is 29.3. The Morgan fingerprint density at radius 1 is 1.50 bits per heavy atom. The molecule has 1 fully saturated rings. The van der Waals surface area contributed by atoms with Crippen molar-refractivity contribution in [3.05, 3.63) is 0 Å². The number of esters is 1. The third-order valence-corrected chi connectivity index (χ3v) is 2.22. The van der Waals surface area contributed by atoms with Gasteiger partial charge in [-0.2, -0.15) is 0 Å². The Bertz CT molecular complexity index is 168. The fourth-order valence-corrected chi connectivity index (χ4v) is 1.60. The molecule has 2 N–H and O–H groups in total. The average Bonchev–Trinajstić information content (AvgIpc) is 2.33. The topological polar surface area (TPSA) is 52.3 Å². The minimum atomic E-state index is -0.116. The first kappa shape index (κ1) is 9.52. The van der Waals surface area contributed by atoms with Crippen molar-refractivity contribution >= 4 is 5.97 Å². The minimum absolute atomic E-state index is 0.0229. The summed E-state index contributed by atoms with van der Waals surface area (Å²) in [6.45, 7) is 3.72. The Hall–Kier alpha value is -0.570. The average molecular weight is 171 g/mol. The third-order valence-electron chi connectivity index (χ3n) is 2.22. The van der Waals surface area contributed by atoms with Crippen LogP contribution in [0.15, 0.2) is 0 Å². The van der Waals surface area contributed by atoms with Crippen LogP contribution in [0.4, 0.5) is 0 Å². The highest BCUT2D eigenvalue weighted by molar-refractivity contribution is 5.73. The van der Waals surface area contributed by atoms with Crippen LogP contribution in [0.3, 0.4) is 0 Å². The van der Waals surface area contributed by atoms with E-state index in [4.69, 9.17) is 10.5 Å². The number of rotatable bonds is 2. The van der Waals surface area contributed by atoms with Gasteiger partial charge >= 0.3 is 5.97 Å². The molecule has 1 aliphatic rings. The molecule has 0 amide bonds. The van der Waals surface area contributed by atoms with Gasteiger partial charge in [0.05, 0.1) is 12.0 Å². The van der Waals surface area contributed by atoms with E-state index in [0.29, 0.717) is 0 Å². The van der Waals surface area contributed by atoms with Crippen molar-refractivity contribution in [1.82, 2.24) is 0 Å². The second kappa shape index (κ2) is 3.90. The summed E-state index contributed by atoms with van der Waals surface area (Å²) < 4.78 is 5.09. The van der Waals surface area contributed by atoms with E-state index < -0.39 is 0 Å². The molecule has 12 heavy (non-hydrogen) atoms. The molecule has 1 saturated carbocycles. The summed E-state index contributed by atoms with van der Waals surface area (Å²) >= 11 is 0. The van der Waals surface area contributed by atoms with Crippen molar-refractivity contribution in [1.29, 1.82) is 0 Å². The monoisotopic (exact) mass is 171 g/mol. The van der Waals surface area contributed by atoms with Crippen LogP contribution in [0.25, 0.3) is 0 Å². The van der Waals surface area contributed by atoms with Gasteiger partial charge < -0.3 is 10.5 Å².